The quantitative estimate of drug-likeness (QED) is 0.894. The van der Waals surface area contributed by atoms with Gasteiger partial charge in [0.2, 0.25) is 0 Å². The minimum Gasteiger partial charge on any atom is -0.333 e. The van der Waals surface area contributed by atoms with Gasteiger partial charge in [-0.05, 0) is 49.1 Å². The third-order valence-corrected chi connectivity index (χ3v) is 4.31. The molecule has 0 radical (unpaired) electrons. The van der Waals surface area contributed by atoms with Crippen LogP contribution >= 0.6 is 11.3 Å². The minimum atomic E-state index is -0.619. The fourth-order valence-electron chi connectivity index (χ4n) is 2.33. The highest BCUT2D eigenvalue weighted by Crippen LogP contribution is 2.30. The number of amides is 1. The number of carbonyl (C=O) groups excluding carboxylic acids is 1. The van der Waals surface area contributed by atoms with Gasteiger partial charge in [0.15, 0.2) is 0 Å². The van der Waals surface area contributed by atoms with Gasteiger partial charge in [0.05, 0.1) is 10.9 Å². The average molecular weight is 248 g/mol. The van der Waals surface area contributed by atoms with Crippen molar-refractivity contribution < 1.29 is 4.79 Å². The highest BCUT2D eigenvalue weighted by atomic mass is 32.1. The van der Waals surface area contributed by atoms with Crippen molar-refractivity contribution in [1.29, 1.82) is 5.26 Å². The first-order chi connectivity index (χ1) is 8.21. The normalized spacial score (nSPS) is 17.6. The van der Waals surface area contributed by atoms with Crippen molar-refractivity contribution in [2.24, 2.45) is 0 Å². The van der Waals surface area contributed by atoms with Gasteiger partial charge in [-0.1, -0.05) is 6.92 Å². The number of hydrogen-bond acceptors (Lipinski definition) is 3. The fourth-order valence-corrected chi connectivity index (χ4v) is 3.22. The number of aryl methyl sites for hydroxylation is 1. The molecule has 1 aromatic heterocycles. The molecule has 0 unspecified atom stereocenters. The van der Waals surface area contributed by atoms with Crippen molar-refractivity contribution in [3.8, 4) is 6.07 Å². The van der Waals surface area contributed by atoms with E-state index in [1.165, 1.54) is 11.3 Å². The molecule has 0 aliphatic heterocycles. The molecule has 1 fully saturated rings. The van der Waals surface area contributed by atoms with Gasteiger partial charge in [-0.15, -0.1) is 11.3 Å². The van der Waals surface area contributed by atoms with Crippen molar-refractivity contribution >= 4 is 17.2 Å². The maximum Gasteiger partial charge on any atom is 0.262 e. The monoisotopic (exact) mass is 248 g/mol. The summed E-state index contributed by atoms with van der Waals surface area (Å²) in [5, 5.41) is 14.1. The first kappa shape index (κ1) is 12.1. The highest BCUT2D eigenvalue weighted by molar-refractivity contribution is 7.12. The van der Waals surface area contributed by atoms with Crippen LogP contribution in [0.1, 0.15) is 47.8 Å². The van der Waals surface area contributed by atoms with Crippen LogP contribution in [-0.2, 0) is 6.42 Å². The Morgan fingerprint density at radius 2 is 2.29 bits per heavy atom. The zero-order valence-electron chi connectivity index (χ0n) is 9.95. The molecule has 1 amide bonds. The van der Waals surface area contributed by atoms with Crippen LogP contribution in [0.3, 0.4) is 0 Å². The van der Waals surface area contributed by atoms with Crippen LogP contribution in [0, 0.1) is 11.3 Å². The Morgan fingerprint density at radius 1 is 1.59 bits per heavy atom. The lowest BCUT2D eigenvalue weighted by Gasteiger charge is -2.21. The molecule has 1 aromatic rings. The molecule has 0 spiro atoms. The Hall–Kier alpha value is -1.34. The molecule has 1 aliphatic carbocycles. The summed E-state index contributed by atoms with van der Waals surface area (Å²) in [6.45, 7) is 2.04. The summed E-state index contributed by atoms with van der Waals surface area (Å²) in [6, 6.07) is 4.26. The molecule has 2 rings (SSSR count). The van der Waals surface area contributed by atoms with E-state index in [-0.39, 0.29) is 5.91 Å². The van der Waals surface area contributed by atoms with Crippen molar-refractivity contribution in [1.82, 2.24) is 5.32 Å². The first-order valence-corrected chi connectivity index (χ1v) is 6.89. The van der Waals surface area contributed by atoms with E-state index in [0.717, 1.165) is 42.5 Å². The maximum absolute atomic E-state index is 12.2. The van der Waals surface area contributed by atoms with E-state index in [2.05, 4.69) is 11.4 Å². The first-order valence-electron chi connectivity index (χ1n) is 6.01. The molecule has 1 aliphatic rings. The maximum atomic E-state index is 12.2. The van der Waals surface area contributed by atoms with Crippen LogP contribution in [0.5, 0.6) is 0 Å². The van der Waals surface area contributed by atoms with E-state index >= 15 is 0 Å². The summed E-state index contributed by atoms with van der Waals surface area (Å²) >= 11 is 1.45. The van der Waals surface area contributed by atoms with Gasteiger partial charge in [0, 0.05) is 0 Å². The highest BCUT2D eigenvalue weighted by Gasteiger charge is 2.36. The van der Waals surface area contributed by atoms with Crippen LogP contribution < -0.4 is 5.32 Å². The Labute approximate surface area is 105 Å². The summed E-state index contributed by atoms with van der Waals surface area (Å²) in [4.78, 5) is 12.9. The van der Waals surface area contributed by atoms with E-state index in [1.807, 2.05) is 18.4 Å². The number of hydrogen-bond donors (Lipinski definition) is 1. The third kappa shape index (κ3) is 2.34. The molecule has 1 N–H and O–H groups in total. The molecule has 1 saturated carbocycles. The Kier molecular flexibility index (Phi) is 3.49. The van der Waals surface area contributed by atoms with Gasteiger partial charge in [0.25, 0.3) is 5.91 Å². The summed E-state index contributed by atoms with van der Waals surface area (Å²) in [6.07, 6.45) is 4.47. The number of nitrogens with zero attached hydrogens (tertiary/aromatic N) is 1. The Bertz CT molecular complexity index is 452. The number of carbonyl (C=O) groups is 1. The average Bonchev–Trinajstić information content (AvgIpc) is 2.97. The summed E-state index contributed by atoms with van der Waals surface area (Å²) < 4.78 is 0. The van der Waals surface area contributed by atoms with Gasteiger partial charge < -0.3 is 5.32 Å². The Balaban J connectivity index is 2.14. The molecule has 0 bridgehead atoms. The number of thiophene rings is 1. The van der Waals surface area contributed by atoms with Crippen molar-refractivity contribution in [2.75, 3.05) is 0 Å². The molecule has 0 atom stereocenters. The van der Waals surface area contributed by atoms with Crippen molar-refractivity contribution in [3.63, 3.8) is 0 Å². The van der Waals surface area contributed by atoms with Crippen LogP contribution in [0.2, 0.25) is 0 Å². The van der Waals surface area contributed by atoms with Crippen molar-refractivity contribution in [3.05, 3.63) is 21.9 Å². The van der Waals surface area contributed by atoms with Crippen LogP contribution in [0.25, 0.3) is 0 Å². The molecule has 90 valence electrons. The molecule has 1 heterocycles. The molecule has 3 nitrogen and oxygen atoms in total. The largest absolute Gasteiger partial charge is 0.333 e. The molecule has 0 aromatic carbocycles. The van der Waals surface area contributed by atoms with E-state index in [4.69, 9.17) is 0 Å². The van der Waals surface area contributed by atoms with E-state index in [9.17, 15) is 10.1 Å². The second-order valence-electron chi connectivity index (χ2n) is 4.48. The molecular formula is C13H16N2OS. The van der Waals surface area contributed by atoms with Crippen LogP contribution in [-0.4, -0.2) is 11.4 Å². The number of nitriles is 1. The van der Waals surface area contributed by atoms with E-state index < -0.39 is 5.54 Å². The number of rotatable bonds is 3. The summed E-state index contributed by atoms with van der Waals surface area (Å²) in [7, 11) is 0. The zero-order chi connectivity index (χ0) is 12.3. The fraction of sp³-hybridized carbons (Fsp3) is 0.538. The van der Waals surface area contributed by atoms with Crippen LogP contribution in [0.4, 0.5) is 0 Å². The predicted octanol–water partition coefficient (Wildman–Crippen LogP) is 2.88. The lowest BCUT2D eigenvalue weighted by Crippen LogP contribution is -2.45. The van der Waals surface area contributed by atoms with E-state index in [0.29, 0.717) is 0 Å². The van der Waals surface area contributed by atoms with Gasteiger partial charge in [-0.25, -0.2) is 0 Å². The minimum absolute atomic E-state index is 0.0831. The predicted molar refractivity (Wildman–Crippen MR) is 68.0 cm³/mol. The molecule has 4 heteroatoms. The van der Waals surface area contributed by atoms with Crippen LogP contribution in [0.15, 0.2) is 11.4 Å². The zero-order valence-corrected chi connectivity index (χ0v) is 10.8. The third-order valence-electron chi connectivity index (χ3n) is 3.36. The molecular weight excluding hydrogens is 232 g/mol. The smallest absolute Gasteiger partial charge is 0.262 e. The summed E-state index contributed by atoms with van der Waals surface area (Å²) in [5.74, 6) is -0.0831. The van der Waals surface area contributed by atoms with Gasteiger partial charge in [0.1, 0.15) is 5.54 Å². The SMILES string of the molecule is CCc1ccsc1C(=O)NC1(C#N)CCCC1. The lowest BCUT2D eigenvalue weighted by molar-refractivity contribution is 0.0924. The summed E-state index contributed by atoms with van der Waals surface area (Å²) in [5.41, 5.74) is 0.449. The standard InChI is InChI=1S/C13H16N2OS/c1-2-10-5-8-17-11(10)12(16)15-13(9-14)6-3-4-7-13/h5,8H,2-4,6-7H2,1H3,(H,15,16). The topological polar surface area (TPSA) is 52.9 Å². The number of nitrogens with one attached hydrogen (secondary N) is 1. The lowest BCUT2D eigenvalue weighted by atomic mass is 9.99. The van der Waals surface area contributed by atoms with Gasteiger partial charge in [-0.3, -0.25) is 4.79 Å². The second-order valence-corrected chi connectivity index (χ2v) is 5.40. The molecule has 0 saturated heterocycles. The second kappa shape index (κ2) is 4.89. The van der Waals surface area contributed by atoms with Gasteiger partial charge >= 0.3 is 0 Å². The Morgan fingerprint density at radius 3 is 2.88 bits per heavy atom. The molecule has 17 heavy (non-hydrogen) atoms. The van der Waals surface area contributed by atoms with E-state index in [1.54, 1.807) is 0 Å². The van der Waals surface area contributed by atoms with Crippen molar-refractivity contribution in [2.45, 2.75) is 44.6 Å². The van der Waals surface area contributed by atoms with Gasteiger partial charge in [-0.2, -0.15) is 5.26 Å².